The summed E-state index contributed by atoms with van der Waals surface area (Å²) in [6.45, 7) is 21.3. The molecular formula is C27H53N3O4S2. The lowest BCUT2D eigenvalue weighted by Crippen LogP contribution is -2.43. The van der Waals surface area contributed by atoms with E-state index >= 15 is 0 Å². The molecule has 0 saturated carbocycles. The Morgan fingerprint density at radius 3 is 2.00 bits per heavy atom. The summed E-state index contributed by atoms with van der Waals surface area (Å²) in [6, 6.07) is 0.286. The smallest absolute Gasteiger partial charge is 0.226 e. The average Bonchev–Trinajstić information content (AvgIpc) is 2.74. The summed E-state index contributed by atoms with van der Waals surface area (Å²) >= 11 is 0. The van der Waals surface area contributed by atoms with Crippen LogP contribution >= 0.6 is 21.6 Å². The Labute approximate surface area is 228 Å². The zero-order valence-electron chi connectivity index (χ0n) is 24.5. The van der Waals surface area contributed by atoms with Gasteiger partial charge in [0.1, 0.15) is 0 Å². The molecule has 0 heterocycles. The molecule has 36 heavy (non-hydrogen) atoms. The van der Waals surface area contributed by atoms with Crippen LogP contribution in [0.4, 0.5) is 0 Å². The summed E-state index contributed by atoms with van der Waals surface area (Å²) < 4.78 is 6.07. The van der Waals surface area contributed by atoms with Crippen molar-refractivity contribution in [3.05, 3.63) is 0 Å². The van der Waals surface area contributed by atoms with Crippen molar-refractivity contribution in [1.29, 1.82) is 0 Å². The van der Waals surface area contributed by atoms with Gasteiger partial charge in [-0.1, -0.05) is 35.4 Å². The molecule has 0 saturated heterocycles. The van der Waals surface area contributed by atoms with Crippen LogP contribution < -0.4 is 16.0 Å². The fraction of sp³-hybridized carbons (Fsp3) is 0.889. The Balaban J connectivity index is 4.18. The van der Waals surface area contributed by atoms with Gasteiger partial charge in [-0.3, -0.25) is 14.4 Å². The molecule has 1 atom stereocenters. The van der Waals surface area contributed by atoms with E-state index in [0.717, 1.165) is 18.6 Å². The molecule has 0 rings (SSSR count). The lowest BCUT2D eigenvalue weighted by atomic mass is 9.83. The quantitative estimate of drug-likeness (QED) is 0.146. The van der Waals surface area contributed by atoms with Crippen LogP contribution in [0.5, 0.6) is 0 Å². The van der Waals surface area contributed by atoms with Crippen LogP contribution in [-0.2, 0) is 19.1 Å². The molecule has 0 aromatic carbocycles. The number of hydrogen-bond donors (Lipinski definition) is 3. The maximum atomic E-state index is 12.5. The van der Waals surface area contributed by atoms with Crippen molar-refractivity contribution < 1.29 is 19.1 Å². The second-order valence-electron chi connectivity index (χ2n) is 11.6. The van der Waals surface area contributed by atoms with Gasteiger partial charge in [0.15, 0.2) is 0 Å². The van der Waals surface area contributed by atoms with Crippen LogP contribution in [0.2, 0.25) is 0 Å². The largest absolute Gasteiger partial charge is 0.375 e. The molecule has 0 aromatic rings. The van der Waals surface area contributed by atoms with Gasteiger partial charge in [-0.05, 0) is 81.1 Å². The molecule has 0 fully saturated rings. The Kier molecular flexibility index (Phi) is 16.4. The fourth-order valence-electron chi connectivity index (χ4n) is 3.29. The summed E-state index contributed by atoms with van der Waals surface area (Å²) in [5, 5.41) is 8.93. The number of hydrogen-bond acceptors (Lipinski definition) is 6. The highest BCUT2D eigenvalue weighted by Crippen LogP contribution is 2.39. The minimum Gasteiger partial charge on any atom is -0.375 e. The number of carbonyl (C=O) groups excluding carboxylic acids is 3. The Bertz CT molecular complexity index is 684. The maximum absolute atomic E-state index is 12.5. The molecule has 9 heteroatoms. The van der Waals surface area contributed by atoms with Crippen molar-refractivity contribution >= 4 is 39.3 Å². The van der Waals surface area contributed by atoms with Crippen LogP contribution in [0.25, 0.3) is 0 Å². The van der Waals surface area contributed by atoms with E-state index in [2.05, 4.69) is 29.8 Å². The molecular weight excluding hydrogens is 494 g/mol. The minimum absolute atomic E-state index is 0.0276. The molecule has 0 aliphatic carbocycles. The molecule has 3 N–H and O–H groups in total. The van der Waals surface area contributed by atoms with Gasteiger partial charge >= 0.3 is 0 Å². The van der Waals surface area contributed by atoms with Crippen LogP contribution in [-0.4, -0.2) is 59.1 Å². The van der Waals surface area contributed by atoms with Gasteiger partial charge in [0.2, 0.25) is 17.7 Å². The van der Waals surface area contributed by atoms with Crippen LogP contribution in [0.3, 0.4) is 0 Å². The van der Waals surface area contributed by atoms with Crippen molar-refractivity contribution in [2.24, 2.45) is 5.41 Å². The van der Waals surface area contributed by atoms with Gasteiger partial charge in [-0.15, -0.1) is 0 Å². The normalized spacial score (nSPS) is 14.0. The third-order valence-corrected chi connectivity index (χ3v) is 9.40. The first-order valence-electron chi connectivity index (χ1n) is 13.3. The number of rotatable bonds is 19. The second-order valence-corrected chi connectivity index (χ2v) is 14.8. The number of carbonyl (C=O) groups is 3. The third kappa shape index (κ3) is 16.7. The molecule has 1 unspecified atom stereocenters. The van der Waals surface area contributed by atoms with Gasteiger partial charge in [-0.2, -0.15) is 0 Å². The lowest BCUT2D eigenvalue weighted by molar-refractivity contribution is -0.133. The predicted octanol–water partition coefficient (Wildman–Crippen LogP) is 5.47. The summed E-state index contributed by atoms with van der Waals surface area (Å²) in [5.41, 5.74) is -0.827. The van der Waals surface area contributed by atoms with Crippen LogP contribution in [0, 0.1) is 5.41 Å². The van der Waals surface area contributed by atoms with E-state index in [1.165, 1.54) is 0 Å². The van der Waals surface area contributed by atoms with Gasteiger partial charge in [0.25, 0.3) is 0 Å². The third-order valence-electron chi connectivity index (χ3n) is 6.04. The highest BCUT2D eigenvalue weighted by molar-refractivity contribution is 8.77. The van der Waals surface area contributed by atoms with Gasteiger partial charge < -0.3 is 20.7 Å². The van der Waals surface area contributed by atoms with Gasteiger partial charge in [-0.25, -0.2) is 0 Å². The zero-order chi connectivity index (χ0) is 28.0. The van der Waals surface area contributed by atoms with E-state index in [0.29, 0.717) is 38.8 Å². The summed E-state index contributed by atoms with van der Waals surface area (Å²) in [4.78, 5) is 36.6. The lowest BCUT2D eigenvalue weighted by Gasteiger charge is -2.31. The van der Waals surface area contributed by atoms with Gasteiger partial charge in [0.05, 0.1) is 5.60 Å². The van der Waals surface area contributed by atoms with Crippen LogP contribution in [0.15, 0.2) is 0 Å². The van der Waals surface area contributed by atoms with E-state index in [-0.39, 0.29) is 40.2 Å². The van der Waals surface area contributed by atoms with Crippen molar-refractivity contribution in [1.82, 2.24) is 16.0 Å². The van der Waals surface area contributed by atoms with E-state index in [1.54, 1.807) is 21.6 Å². The Morgan fingerprint density at radius 2 is 1.44 bits per heavy atom. The molecule has 0 radical (unpaired) electrons. The number of nitrogens with one attached hydrogen (secondary N) is 3. The summed E-state index contributed by atoms with van der Waals surface area (Å²) in [7, 11) is 3.42. The predicted molar refractivity (Wildman–Crippen MR) is 155 cm³/mol. The maximum Gasteiger partial charge on any atom is 0.226 e. The van der Waals surface area contributed by atoms with Crippen molar-refractivity contribution in [3.8, 4) is 0 Å². The molecule has 7 nitrogen and oxygen atoms in total. The SMILES string of the molecule is CCC(C)(CCOC(C)(C)CCNC(=O)CCSSC(C)(C)CCC(=O)NC(C)C)C(=O)NC(C)C. The molecule has 0 aliphatic rings. The van der Waals surface area contributed by atoms with E-state index < -0.39 is 5.41 Å². The summed E-state index contributed by atoms with van der Waals surface area (Å²) in [5.74, 6) is 0.930. The molecule has 0 aromatic heterocycles. The monoisotopic (exact) mass is 547 g/mol. The second kappa shape index (κ2) is 16.8. The minimum atomic E-state index is -0.445. The topological polar surface area (TPSA) is 96.5 Å². The van der Waals surface area contributed by atoms with E-state index in [9.17, 15) is 14.4 Å². The van der Waals surface area contributed by atoms with Crippen molar-refractivity contribution in [2.75, 3.05) is 18.9 Å². The average molecular weight is 548 g/mol. The first-order chi connectivity index (χ1) is 16.5. The number of amides is 3. The van der Waals surface area contributed by atoms with E-state index in [1.807, 2.05) is 55.4 Å². The Morgan fingerprint density at radius 1 is 0.833 bits per heavy atom. The zero-order valence-corrected chi connectivity index (χ0v) is 26.1. The number of ether oxygens (including phenoxy) is 1. The first kappa shape index (κ1) is 35.1. The fourth-order valence-corrected chi connectivity index (χ4v) is 5.85. The van der Waals surface area contributed by atoms with Crippen molar-refractivity contribution in [3.63, 3.8) is 0 Å². The Hall–Kier alpha value is -0.930. The molecule has 212 valence electrons. The standard InChI is InChI=1S/C27H53N3O4S2/c1-11-27(10,24(33)30-21(4)5)16-18-34-25(6,7)15-17-28-22(31)13-19-35-36-26(8,9)14-12-23(32)29-20(2)3/h20-21H,11-19H2,1-10H3,(H,28,31)(H,29,32)(H,30,33). The van der Waals surface area contributed by atoms with Crippen LogP contribution in [0.1, 0.15) is 108 Å². The highest BCUT2D eigenvalue weighted by Gasteiger charge is 2.32. The first-order valence-corrected chi connectivity index (χ1v) is 15.7. The highest BCUT2D eigenvalue weighted by atomic mass is 33.1. The van der Waals surface area contributed by atoms with E-state index in [4.69, 9.17) is 4.74 Å². The summed E-state index contributed by atoms with van der Waals surface area (Å²) in [6.07, 6.45) is 3.89. The molecule has 0 bridgehead atoms. The van der Waals surface area contributed by atoms with Crippen molar-refractivity contribution in [2.45, 2.75) is 130 Å². The van der Waals surface area contributed by atoms with Gasteiger partial charge in [0, 0.05) is 54.0 Å². The molecule has 0 aliphatic heterocycles. The molecule has 0 spiro atoms. The molecule has 3 amide bonds.